The van der Waals surface area contributed by atoms with Crippen molar-refractivity contribution in [2.75, 3.05) is 6.61 Å². The van der Waals surface area contributed by atoms with Crippen molar-refractivity contribution >= 4 is 34.8 Å². The third kappa shape index (κ3) is 3.83. The highest BCUT2D eigenvalue weighted by molar-refractivity contribution is 6.35. The molecule has 0 N–H and O–H groups in total. The highest BCUT2D eigenvalue weighted by Gasteiger charge is 2.10. The van der Waals surface area contributed by atoms with E-state index in [1.165, 1.54) is 0 Å². The van der Waals surface area contributed by atoms with Crippen LogP contribution in [0.25, 0.3) is 0 Å². The molecule has 1 aromatic heterocycles. The molecule has 0 aliphatic heterocycles. The van der Waals surface area contributed by atoms with Gasteiger partial charge in [-0.25, -0.2) is 0 Å². The Morgan fingerprint density at radius 2 is 1.79 bits per heavy atom. The van der Waals surface area contributed by atoms with Gasteiger partial charge in [0.15, 0.2) is 0 Å². The topological polar surface area (TPSA) is 57.1 Å². The number of halogens is 3. The summed E-state index contributed by atoms with van der Waals surface area (Å²) >= 11 is 17.5. The first-order valence-electron chi connectivity index (χ1n) is 5.25. The minimum absolute atomic E-state index is 0.00678. The Kier molecular flexibility index (Phi) is 4.63. The lowest BCUT2D eigenvalue weighted by atomic mass is 10.3. The Morgan fingerprint density at radius 3 is 2.47 bits per heavy atom. The maximum absolute atomic E-state index is 5.98. The van der Waals surface area contributed by atoms with E-state index in [-0.39, 0.29) is 17.3 Å². The van der Waals surface area contributed by atoms with Crippen molar-refractivity contribution in [3.05, 3.63) is 33.5 Å². The summed E-state index contributed by atoms with van der Waals surface area (Å²) in [6.45, 7) is 2.20. The molecule has 2 aromatic rings. The number of rotatable bonds is 4. The summed E-state index contributed by atoms with van der Waals surface area (Å²) < 4.78 is 10.5. The molecule has 0 spiro atoms. The van der Waals surface area contributed by atoms with Gasteiger partial charge in [0.25, 0.3) is 0 Å². The van der Waals surface area contributed by atoms with Crippen molar-refractivity contribution in [2.45, 2.75) is 6.92 Å². The van der Waals surface area contributed by atoms with E-state index in [2.05, 4.69) is 15.0 Å². The van der Waals surface area contributed by atoms with Crippen molar-refractivity contribution in [3.8, 4) is 17.8 Å². The van der Waals surface area contributed by atoms with Gasteiger partial charge in [-0.3, -0.25) is 0 Å². The molecule has 0 amide bonds. The van der Waals surface area contributed by atoms with Gasteiger partial charge in [-0.05, 0) is 36.7 Å². The van der Waals surface area contributed by atoms with Crippen LogP contribution in [-0.4, -0.2) is 21.6 Å². The molecule has 0 bridgehead atoms. The molecule has 8 heteroatoms. The summed E-state index contributed by atoms with van der Waals surface area (Å²) in [5.74, 6) is 0.357. The van der Waals surface area contributed by atoms with Crippen LogP contribution in [-0.2, 0) is 0 Å². The average molecular weight is 321 g/mol. The second-order valence-corrected chi connectivity index (χ2v) is 4.46. The highest BCUT2D eigenvalue weighted by Crippen LogP contribution is 2.30. The zero-order chi connectivity index (χ0) is 13.8. The van der Waals surface area contributed by atoms with Gasteiger partial charge in [-0.15, -0.1) is 4.98 Å². The number of nitrogens with zero attached hydrogens (tertiary/aromatic N) is 3. The molecule has 0 atom stereocenters. The fraction of sp³-hybridized carbons (Fsp3) is 0.182. The quantitative estimate of drug-likeness (QED) is 0.851. The number of aromatic nitrogens is 3. The Labute approximate surface area is 124 Å². The van der Waals surface area contributed by atoms with Gasteiger partial charge < -0.3 is 9.47 Å². The van der Waals surface area contributed by atoms with Crippen LogP contribution in [0.4, 0.5) is 0 Å². The standard InChI is InChI=1S/C11H8Cl3N3O2/c1-2-18-10-15-9(14)16-11(17-10)19-8-4-3-6(12)5-7(8)13/h3-5H,2H2,1H3. The van der Waals surface area contributed by atoms with Crippen LogP contribution in [0.15, 0.2) is 18.2 Å². The molecule has 5 nitrogen and oxygen atoms in total. The Balaban J connectivity index is 2.27. The second kappa shape index (κ2) is 6.23. The molecule has 0 aliphatic carbocycles. The third-order valence-corrected chi connectivity index (χ3v) is 2.64. The molecule has 0 radical (unpaired) electrons. The zero-order valence-electron chi connectivity index (χ0n) is 9.73. The maximum Gasteiger partial charge on any atom is 0.329 e. The van der Waals surface area contributed by atoms with E-state index in [4.69, 9.17) is 44.3 Å². The van der Waals surface area contributed by atoms with Crippen molar-refractivity contribution in [3.63, 3.8) is 0 Å². The lowest BCUT2D eigenvalue weighted by molar-refractivity contribution is 0.303. The Bertz CT molecular complexity index is 595. The van der Waals surface area contributed by atoms with Gasteiger partial charge in [0, 0.05) is 5.02 Å². The van der Waals surface area contributed by atoms with Crippen molar-refractivity contribution < 1.29 is 9.47 Å². The summed E-state index contributed by atoms with van der Waals surface area (Å²) in [6.07, 6.45) is 0. The molecule has 0 unspecified atom stereocenters. The first-order chi connectivity index (χ1) is 9.08. The van der Waals surface area contributed by atoms with Crippen LogP contribution in [0.3, 0.4) is 0 Å². The largest absolute Gasteiger partial charge is 0.464 e. The van der Waals surface area contributed by atoms with Crippen molar-refractivity contribution in [1.82, 2.24) is 15.0 Å². The molecular formula is C11H8Cl3N3O2. The number of ether oxygens (including phenoxy) is 2. The fourth-order valence-corrected chi connectivity index (χ4v) is 1.80. The van der Waals surface area contributed by atoms with Gasteiger partial charge in [0.05, 0.1) is 11.6 Å². The minimum Gasteiger partial charge on any atom is -0.464 e. The molecule has 0 fully saturated rings. The second-order valence-electron chi connectivity index (χ2n) is 3.28. The fourth-order valence-electron chi connectivity index (χ4n) is 1.21. The smallest absolute Gasteiger partial charge is 0.329 e. The van der Waals surface area contributed by atoms with Gasteiger partial charge in [-0.2, -0.15) is 9.97 Å². The monoisotopic (exact) mass is 319 g/mol. The summed E-state index contributed by atoms with van der Waals surface area (Å²) in [7, 11) is 0. The van der Waals surface area contributed by atoms with E-state index < -0.39 is 0 Å². The molecule has 100 valence electrons. The van der Waals surface area contributed by atoms with E-state index in [0.717, 1.165) is 0 Å². The minimum atomic E-state index is -0.0291. The molecule has 0 saturated carbocycles. The van der Waals surface area contributed by atoms with Crippen LogP contribution in [0.5, 0.6) is 17.8 Å². The summed E-state index contributed by atoms with van der Waals surface area (Å²) in [4.78, 5) is 11.6. The molecule has 0 saturated heterocycles. The summed E-state index contributed by atoms with van der Waals surface area (Å²) in [5, 5.41) is 0.807. The molecule has 1 heterocycles. The molecular weight excluding hydrogens is 312 g/mol. The summed E-state index contributed by atoms with van der Waals surface area (Å²) in [6, 6.07) is 4.86. The van der Waals surface area contributed by atoms with Gasteiger partial charge in [-0.1, -0.05) is 23.2 Å². The lowest BCUT2D eigenvalue weighted by Crippen LogP contribution is -2.01. The van der Waals surface area contributed by atoms with E-state index in [1.807, 2.05) is 0 Å². The van der Waals surface area contributed by atoms with Crippen molar-refractivity contribution in [2.24, 2.45) is 0 Å². The first kappa shape index (κ1) is 14.1. The Morgan fingerprint density at radius 1 is 1.05 bits per heavy atom. The average Bonchev–Trinajstić information content (AvgIpc) is 2.32. The van der Waals surface area contributed by atoms with Crippen LogP contribution in [0.2, 0.25) is 15.3 Å². The SMILES string of the molecule is CCOc1nc(Cl)nc(Oc2ccc(Cl)cc2Cl)n1. The van der Waals surface area contributed by atoms with Crippen LogP contribution >= 0.6 is 34.8 Å². The zero-order valence-corrected chi connectivity index (χ0v) is 12.0. The van der Waals surface area contributed by atoms with Crippen LogP contribution < -0.4 is 9.47 Å². The van der Waals surface area contributed by atoms with Gasteiger partial charge in [0.2, 0.25) is 5.28 Å². The highest BCUT2D eigenvalue weighted by atomic mass is 35.5. The maximum atomic E-state index is 5.98. The van der Waals surface area contributed by atoms with Gasteiger partial charge in [0.1, 0.15) is 5.75 Å². The Hall–Kier alpha value is -1.30. The van der Waals surface area contributed by atoms with Crippen molar-refractivity contribution in [1.29, 1.82) is 0 Å². The summed E-state index contributed by atoms with van der Waals surface area (Å²) in [5.41, 5.74) is 0. The predicted molar refractivity (Wildman–Crippen MR) is 72.5 cm³/mol. The van der Waals surface area contributed by atoms with E-state index in [9.17, 15) is 0 Å². The van der Waals surface area contributed by atoms with Crippen LogP contribution in [0.1, 0.15) is 6.92 Å². The van der Waals surface area contributed by atoms with Gasteiger partial charge >= 0.3 is 12.0 Å². The lowest BCUT2D eigenvalue weighted by Gasteiger charge is -2.07. The molecule has 2 rings (SSSR count). The predicted octanol–water partition coefficient (Wildman–Crippen LogP) is 4.02. The number of hydrogen-bond acceptors (Lipinski definition) is 5. The molecule has 1 aromatic carbocycles. The number of benzene rings is 1. The van der Waals surface area contributed by atoms with E-state index in [1.54, 1.807) is 25.1 Å². The normalized spacial score (nSPS) is 10.3. The molecule has 0 aliphatic rings. The number of hydrogen-bond donors (Lipinski definition) is 0. The third-order valence-electron chi connectivity index (χ3n) is 1.94. The first-order valence-corrected chi connectivity index (χ1v) is 6.39. The molecule has 19 heavy (non-hydrogen) atoms. The van der Waals surface area contributed by atoms with E-state index in [0.29, 0.717) is 22.4 Å². The van der Waals surface area contributed by atoms with Crippen LogP contribution in [0, 0.1) is 0 Å². The van der Waals surface area contributed by atoms with E-state index >= 15 is 0 Å².